The van der Waals surface area contributed by atoms with Gasteiger partial charge in [0.2, 0.25) is 0 Å². The van der Waals surface area contributed by atoms with Crippen LogP contribution in [0.2, 0.25) is 18.1 Å². The third-order valence-electron chi connectivity index (χ3n) is 5.45. The van der Waals surface area contributed by atoms with Crippen molar-refractivity contribution in [3.05, 3.63) is 0 Å². The van der Waals surface area contributed by atoms with E-state index in [1.165, 1.54) is 12.0 Å². The van der Waals surface area contributed by atoms with Crippen molar-refractivity contribution in [3.8, 4) is 0 Å². The van der Waals surface area contributed by atoms with Crippen molar-refractivity contribution in [2.45, 2.75) is 89.6 Å². The van der Waals surface area contributed by atoms with Gasteiger partial charge in [-0.05, 0) is 38.9 Å². The molecule has 1 rings (SSSR count). The van der Waals surface area contributed by atoms with Gasteiger partial charge in [0.1, 0.15) is 5.60 Å². The van der Waals surface area contributed by atoms with Gasteiger partial charge in [0.05, 0.1) is 18.2 Å². The molecule has 1 aliphatic rings. The van der Waals surface area contributed by atoms with Crippen LogP contribution in [0, 0.1) is 0 Å². The lowest BCUT2D eigenvalue weighted by Gasteiger charge is -2.45. The highest BCUT2D eigenvalue weighted by Gasteiger charge is 2.60. The summed E-state index contributed by atoms with van der Waals surface area (Å²) in [7, 11) is -0.664. The number of ether oxygens (including phenoxy) is 2. The number of hydrogen-bond acceptors (Lipinski definition) is 5. The van der Waals surface area contributed by atoms with Crippen LogP contribution in [-0.4, -0.2) is 73.3 Å². The second-order valence-corrected chi connectivity index (χ2v) is 14.3. The van der Waals surface area contributed by atoms with E-state index >= 15 is 0 Å². The Hall–Kier alpha value is -0.673. The zero-order valence-corrected chi connectivity index (χ0v) is 18.8. The van der Waals surface area contributed by atoms with E-state index in [9.17, 15) is 15.0 Å². The Morgan fingerprint density at radius 2 is 1.77 bits per heavy atom. The predicted octanol–water partition coefficient (Wildman–Crippen LogP) is 3.28. The third kappa shape index (κ3) is 4.78. The SMILES string of the molecule is CO[C@@]1(CCO)C(OC(C)(C)C)N(C(=O)O)C[C@@H]1O[Si](C)(C)C(C)(C)C. The normalized spacial score (nSPS) is 27.8. The molecule has 1 amide bonds. The molecule has 154 valence electrons. The van der Waals surface area contributed by atoms with Gasteiger partial charge < -0.3 is 24.1 Å². The molecular formula is C18H37NO6Si. The number of nitrogens with zero attached hydrogens (tertiary/aromatic N) is 1. The van der Waals surface area contributed by atoms with Gasteiger partial charge in [0, 0.05) is 20.1 Å². The summed E-state index contributed by atoms with van der Waals surface area (Å²) in [6.07, 6.45) is -2.22. The fourth-order valence-electron chi connectivity index (χ4n) is 2.99. The highest BCUT2D eigenvalue weighted by atomic mass is 28.4. The molecule has 0 aromatic rings. The van der Waals surface area contributed by atoms with Crippen molar-refractivity contribution in [3.63, 3.8) is 0 Å². The maximum atomic E-state index is 11.9. The van der Waals surface area contributed by atoms with Crippen LogP contribution in [-0.2, 0) is 13.9 Å². The van der Waals surface area contributed by atoms with Gasteiger partial charge in [-0.1, -0.05) is 20.8 Å². The smallest absolute Gasteiger partial charge is 0.409 e. The van der Waals surface area contributed by atoms with Crippen LogP contribution in [0.5, 0.6) is 0 Å². The quantitative estimate of drug-likeness (QED) is 0.676. The summed E-state index contributed by atoms with van der Waals surface area (Å²) in [6, 6.07) is 0. The highest BCUT2D eigenvalue weighted by molar-refractivity contribution is 6.74. The van der Waals surface area contributed by atoms with Gasteiger partial charge >= 0.3 is 6.09 Å². The minimum atomic E-state index is -2.19. The van der Waals surface area contributed by atoms with Crippen LogP contribution in [0.3, 0.4) is 0 Å². The van der Waals surface area contributed by atoms with E-state index in [4.69, 9.17) is 13.9 Å². The van der Waals surface area contributed by atoms with Crippen LogP contribution in [0.1, 0.15) is 48.0 Å². The Balaban J connectivity index is 3.37. The Bertz CT molecular complexity index is 499. The van der Waals surface area contributed by atoms with Gasteiger partial charge in [0.25, 0.3) is 0 Å². The first kappa shape index (κ1) is 23.4. The molecule has 0 spiro atoms. The number of methoxy groups -OCH3 is 1. The fourth-order valence-corrected chi connectivity index (χ4v) is 4.33. The molecule has 0 bridgehead atoms. The number of aliphatic hydroxyl groups excluding tert-OH is 1. The fraction of sp³-hybridized carbons (Fsp3) is 0.944. The number of amides is 1. The molecule has 1 heterocycles. The molecule has 0 aromatic carbocycles. The standard InChI is InChI=1S/C18H37NO6Si/c1-16(2,3)24-14-18(23-7,10-11-20)13(12-19(14)15(21)22)25-26(8,9)17(4,5)6/h13-14,20H,10-12H2,1-9H3,(H,21,22)/t13-,14?,18+/m0/s1. The van der Waals surface area contributed by atoms with E-state index in [1.54, 1.807) is 0 Å². The first-order valence-corrected chi connectivity index (χ1v) is 12.0. The van der Waals surface area contributed by atoms with Gasteiger partial charge in [-0.2, -0.15) is 0 Å². The maximum Gasteiger partial charge on any atom is 0.409 e. The van der Waals surface area contributed by atoms with E-state index in [0.29, 0.717) is 0 Å². The van der Waals surface area contributed by atoms with E-state index in [1.807, 2.05) is 20.8 Å². The Labute approximate surface area is 158 Å². The average Bonchev–Trinajstić information content (AvgIpc) is 2.71. The Morgan fingerprint density at radius 3 is 2.12 bits per heavy atom. The Kier molecular flexibility index (Phi) is 6.97. The number of carbonyl (C=O) groups is 1. The number of carboxylic acid groups (broad SMARTS) is 1. The summed E-state index contributed by atoms with van der Waals surface area (Å²) in [5.74, 6) is 0. The summed E-state index contributed by atoms with van der Waals surface area (Å²) in [5.41, 5.74) is -1.64. The number of hydrogen-bond donors (Lipinski definition) is 2. The van der Waals surface area contributed by atoms with Gasteiger partial charge in [-0.25, -0.2) is 4.79 Å². The monoisotopic (exact) mass is 391 g/mol. The molecule has 8 heteroatoms. The minimum absolute atomic E-state index is 0.0390. The lowest BCUT2D eigenvalue weighted by Crippen LogP contribution is -2.58. The zero-order chi connectivity index (χ0) is 20.6. The van der Waals surface area contributed by atoms with Crippen LogP contribution in [0.15, 0.2) is 0 Å². The average molecular weight is 392 g/mol. The van der Waals surface area contributed by atoms with Crippen LogP contribution >= 0.6 is 0 Å². The van der Waals surface area contributed by atoms with Crippen LogP contribution in [0.25, 0.3) is 0 Å². The first-order chi connectivity index (χ1) is 11.6. The Morgan fingerprint density at radius 1 is 1.23 bits per heavy atom. The van der Waals surface area contributed by atoms with E-state index in [-0.39, 0.29) is 24.6 Å². The number of aliphatic hydroxyl groups is 1. The summed E-state index contributed by atoms with van der Waals surface area (Å²) in [4.78, 5) is 13.1. The molecule has 0 aromatic heterocycles. The summed E-state index contributed by atoms with van der Waals surface area (Å²) in [6.45, 7) is 16.2. The molecule has 0 aliphatic carbocycles. The molecular weight excluding hydrogens is 354 g/mol. The van der Waals surface area contributed by atoms with Gasteiger partial charge in [0.15, 0.2) is 14.5 Å². The molecule has 0 saturated carbocycles. The molecule has 1 unspecified atom stereocenters. The minimum Gasteiger partial charge on any atom is -0.465 e. The third-order valence-corrected chi connectivity index (χ3v) is 9.93. The summed E-state index contributed by atoms with van der Waals surface area (Å²) < 4.78 is 18.5. The molecule has 7 nitrogen and oxygen atoms in total. The summed E-state index contributed by atoms with van der Waals surface area (Å²) in [5, 5.41) is 19.4. The summed E-state index contributed by atoms with van der Waals surface area (Å²) >= 11 is 0. The van der Waals surface area contributed by atoms with E-state index < -0.39 is 37.9 Å². The van der Waals surface area contributed by atoms with Crippen molar-refractivity contribution >= 4 is 14.4 Å². The second kappa shape index (κ2) is 7.75. The molecule has 26 heavy (non-hydrogen) atoms. The van der Waals surface area contributed by atoms with Crippen LogP contribution < -0.4 is 0 Å². The maximum absolute atomic E-state index is 11.9. The van der Waals surface area contributed by atoms with Crippen molar-refractivity contribution in [1.29, 1.82) is 0 Å². The second-order valence-electron chi connectivity index (χ2n) is 9.52. The first-order valence-electron chi connectivity index (χ1n) is 9.12. The molecule has 1 saturated heterocycles. The van der Waals surface area contributed by atoms with E-state index in [0.717, 1.165) is 0 Å². The topological polar surface area (TPSA) is 88.5 Å². The largest absolute Gasteiger partial charge is 0.465 e. The number of rotatable bonds is 6. The lowest BCUT2D eigenvalue weighted by atomic mass is 9.93. The molecule has 1 aliphatic heterocycles. The van der Waals surface area contributed by atoms with Crippen LogP contribution in [0.4, 0.5) is 4.79 Å². The lowest BCUT2D eigenvalue weighted by molar-refractivity contribution is -0.211. The molecule has 3 atom stereocenters. The van der Waals surface area contributed by atoms with E-state index in [2.05, 4.69) is 33.9 Å². The zero-order valence-electron chi connectivity index (χ0n) is 17.8. The number of likely N-dealkylation sites (tertiary alicyclic amines) is 1. The predicted molar refractivity (Wildman–Crippen MR) is 103 cm³/mol. The van der Waals surface area contributed by atoms with Crippen molar-refractivity contribution in [2.75, 3.05) is 20.3 Å². The van der Waals surface area contributed by atoms with Gasteiger partial charge in [-0.15, -0.1) is 0 Å². The molecule has 2 N–H and O–H groups in total. The highest BCUT2D eigenvalue weighted by Crippen LogP contribution is 2.44. The van der Waals surface area contributed by atoms with Gasteiger partial charge in [-0.3, -0.25) is 4.90 Å². The molecule has 0 radical (unpaired) electrons. The molecule has 1 fully saturated rings. The van der Waals surface area contributed by atoms with Crippen molar-refractivity contribution < 1.29 is 28.9 Å². The van der Waals surface area contributed by atoms with Crippen molar-refractivity contribution in [1.82, 2.24) is 4.90 Å². The van der Waals surface area contributed by atoms with Crippen molar-refractivity contribution in [2.24, 2.45) is 0 Å².